The predicted molar refractivity (Wildman–Crippen MR) is 206 cm³/mol. The van der Waals surface area contributed by atoms with Crippen LogP contribution in [0.4, 0.5) is 5.69 Å². The lowest BCUT2D eigenvalue weighted by Gasteiger charge is -2.46. The van der Waals surface area contributed by atoms with Crippen molar-refractivity contribution in [2.24, 2.45) is 5.92 Å². The molecular formula is C42H45N5O6S. The number of amides is 1. The summed E-state index contributed by atoms with van der Waals surface area (Å²) in [5, 5.41) is 13.5. The Hall–Kier alpha value is -4.69. The molecule has 3 aliphatic heterocycles. The fraction of sp³-hybridized carbons (Fsp3) is 0.333. The van der Waals surface area contributed by atoms with Crippen LogP contribution in [0.2, 0.25) is 0 Å². The van der Waals surface area contributed by atoms with Crippen molar-refractivity contribution in [2.45, 2.75) is 61.8 Å². The van der Waals surface area contributed by atoms with Gasteiger partial charge in [-0.1, -0.05) is 91.9 Å². The highest BCUT2D eigenvalue weighted by molar-refractivity contribution is 7.89. The molecule has 4 heterocycles. The minimum atomic E-state index is -3.82. The maximum Gasteiger partial charge on any atom is 0.247 e. The highest BCUT2D eigenvalue weighted by Gasteiger charge is 2.51. The Balaban J connectivity index is 0.977. The molecule has 3 fully saturated rings. The fourth-order valence-corrected chi connectivity index (χ4v) is 9.26. The van der Waals surface area contributed by atoms with E-state index in [0.717, 1.165) is 46.4 Å². The van der Waals surface area contributed by atoms with Gasteiger partial charge in [-0.2, -0.15) is 0 Å². The third kappa shape index (κ3) is 7.13. The number of likely N-dealkylation sites (tertiary alicyclic amines) is 1. The van der Waals surface area contributed by atoms with Crippen molar-refractivity contribution in [3.8, 4) is 0 Å². The van der Waals surface area contributed by atoms with Crippen molar-refractivity contribution in [3.63, 3.8) is 0 Å². The number of aliphatic hydroxyl groups excluding tert-OH is 1. The van der Waals surface area contributed by atoms with Crippen molar-refractivity contribution in [1.29, 1.82) is 0 Å². The maximum atomic E-state index is 13.3. The van der Waals surface area contributed by atoms with Crippen LogP contribution in [0.3, 0.4) is 0 Å². The third-order valence-electron chi connectivity index (χ3n) is 11.3. The van der Waals surface area contributed by atoms with Crippen LogP contribution in [0.15, 0.2) is 120 Å². The van der Waals surface area contributed by atoms with Crippen LogP contribution in [0.1, 0.15) is 54.4 Å². The molecule has 4 unspecified atom stereocenters. The fourth-order valence-electron chi connectivity index (χ4n) is 8.06. The molecule has 1 aromatic heterocycles. The van der Waals surface area contributed by atoms with Gasteiger partial charge in [0.2, 0.25) is 15.9 Å². The van der Waals surface area contributed by atoms with Gasteiger partial charge in [0.05, 0.1) is 31.0 Å². The number of nitrogens with zero attached hydrogens (tertiary/aromatic N) is 3. The predicted octanol–water partition coefficient (Wildman–Crippen LogP) is 5.43. The van der Waals surface area contributed by atoms with Gasteiger partial charge in [-0.3, -0.25) is 9.78 Å². The molecule has 4 atom stereocenters. The number of hydrogen-bond acceptors (Lipinski definition) is 9. The van der Waals surface area contributed by atoms with Crippen LogP contribution in [0, 0.1) is 5.92 Å². The third-order valence-corrected chi connectivity index (χ3v) is 12.7. The molecule has 11 nitrogen and oxygen atoms in total. The summed E-state index contributed by atoms with van der Waals surface area (Å²) in [6.07, 6.45) is 1.90. The average molecular weight is 748 g/mol. The van der Waals surface area contributed by atoms with E-state index >= 15 is 0 Å². The molecule has 12 heteroatoms. The first-order valence-corrected chi connectivity index (χ1v) is 20.0. The molecule has 0 radical (unpaired) electrons. The summed E-state index contributed by atoms with van der Waals surface area (Å²) in [6, 6.07) is 34.4. The van der Waals surface area contributed by atoms with E-state index in [-0.39, 0.29) is 42.1 Å². The second-order valence-corrected chi connectivity index (χ2v) is 16.2. The molecule has 0 bridgehead atoms. The molecule has 54 heavy (non-hydrogen) atoms. The van der Waals surface area contributed by atoms with Gasteiger partial charge < -0.3 is 29.7 Å². The quantitative estimate of drug-likeness (QED) is 0.171. The number of benzene rings is 4. The van der Waals surface area contributed by atoms with E-state index in [1.807, 2.05) is 78.9 Å². The number of piperidine rings is 1. The highest BCUT2D eigenvalue weighted by atomic mass is 32.2. The number of pyridine rings is 1. The largest absolute Gasteiger partial charge is 0.392 e. The number of aliphatic hydroxyl groups is 1. The first-order valence-electron chi connectivity index (χ1n) is 18.5. The van der Waals surface area contributed by atoms with Crippen LogP contribution in [0.5, 0.6) is 0 Å². The van der Waals surface area contributed by atoms with Crippen molar-refractivity contribution in [1.82, 2.24) is 19.9 Å². The van der Waals surface area contributed by atoms with Crippen molar-refractivity contribution in [2.75, 3.05) is 31.2 Å². The molecule has 0 saturated carbocycles. The second kappa shape index (κ2) is 15.2. The zero-order valence-corrected chi connectivity index (χ0v) is 31.0. The van der Waals surface area contributed by atoms with Crippen LogP contribution < -0.4 is 14.9 Å². The van der Waals surface area contributed by atoms with Crippen molar-refractivity contribution >= 4 is 32.5 Å². The molecule has 5 aromatic rings. The van der Waals surface area contributed by atoms with Gasteiger partial charge in [0.25, 0.3) is 0 Å². The lowest BCUT2D eigenvalue weighted by atomic mass is 9.84. The van der Waals surface area contributed by atoms with Crippen molar-refractivity contribution < 1.29 is 27.8 Å². The van der Waals surface area contributed by atoms with Crippen LogP contribution in [-0.4, -0.2) is 67.3 Å². The lowest BCUT2D eigenvalue weighted by Crippen LogP contribution is -2.57. The molecule has 8 rings (SSSR count). The Labute approximate surface area is 316 Å². The van der Waals surface area contributed by atoms with E-state index in [0.29, 0.717) is 31.6 Å². The molecule has 3 saturated heterocycles. The molecular weight excluding hydrogens is 703 g/mol. The molecule has 1 amide bonds. The Morgan fingerprint density at radius 2 is 1.57 bits per heavy atom. The second-order valence-electron chi connectivity index (χ2n) is 14.5. The number of aromatic nitrogens is 1. The Kier molecular flexibility index (Phi) is 10.2. The van der Waals surface area contributed by atoms with Gasteiger partial charge in [0.15, 0.2) is 6.29 Å². The minimum absolute atomic E-state index is 0.00458. The monoisotopic (exact) mass is 747 g/mol. The molecule has 4 aromatic carbocycles. The summed E-state index contributed by atoms with van der Waals surface area (Å²) >= 11 is 0. The normalized spacial score (nSPS) is 23.1. The van der Waals surface area contributed by atoms with E-state index in [4.69, 9.17) is 9.47 Å². The van der Waals surface area contributed by atoms with Crippen molar-refractivity contribution in [3.05, 3.63) is 138 Å². The summed E-state index contributed by atoms with van der Waals surface area (Å²) in [5.41, 5.74) is 4.36. The first kappa shape index (κ1) is 36.3. The van der Waals surface area contributed by atoms with Gasteiger partial charge in [-0.15, -0.1) is 0 Å². The number of carbonyl (C=O) groups excluding carboxylic acids is 1. The van der Waals surface area contributed by atoms with Crippen LogP contribution >= 0.6 is 0 Å². The van der Waals surface area contributed by atoms with Crippen LogP contribution in [0.25, 0.3) is 10.9 Å². The average Bonchev–Trinajstić information content (AvgIpc) is 3.53. The minimum Gasteiger partial charge on any atom is -0.392 e. The topological polar surface area (TPSA) is 133 Å². The SMILES string of the molecule is CC1C(CN2CCC3(CC2)C(=O)NCN3c2ccccc2)OC(c2ccc(CNS(=O)(=O)c3cccc4cccnc34)cc2)OC1c1ccc(CO)cc1. The van der Waals surface area contributed by atoms with Gasteiger partial charge in [-0.25, -0.2) is 13.1 Å². The maximum absolute atomic E-state index is 13.3. The van der Waals surface area contributed by atoms with E-state index in [9.17, 15) is 18.3 Å². The summed E-state index contributed by atoms with van der Waals surface area (Å²) in [6.45, 7) is 4.92. The Morgan fingerprint density at radius 3 is 2.31 bits per heavy atom. The number of rotatable bonds is 10. The smallest absolute Gasteiger partial charge is 0.247 e. The summed E-state index contributed by atoms with van der Waals surface area (Å²) in [4.78, 5) is 22.4. The zero-order chi connectivity index (χ0) is 37.3. The Bertz CT molecular complexity index is 2190. The Morgan fingerprint density at radius 1 is 0.870 bits per heavy atom. The number of fused-ring (bicyclic) bond motifs is 1. The molecule has 1 spiro atoms. The van der Waals surface area contributed by atoms with Gasteiger partial charge >= 0.3 is 0 Å². The van der Waals surface area contributed by atoms with E-state index in [2.05, 4.69) is 43.9 Å². The first-order chi connectivity index (χ1) is 26.2. The lowest BCUT2D eigenvalue weighted by molar-refractivity contribution is -0.276. The van der Waals surface area contributed by atoms with E-state index < -0.39 is 21.9 Å². The molecule has 0 aliphatic carbocycles. The standard InChI is InChI=1S/C42H45N5O6S/c1-29-36(26-46-23-20-42(21-24-46)41(49)44-28-47(42)35-9-3-2-4-10-35)52-40(53-39(29)33-16-14-31(27-48)15-17-33)34-18-12-30(13-19-34)25-45-54(50,51)37-11-5-7-32-8-6-22-43-38(32)37/h2-19,22,29,36,39-40,45,48H,20-21,23-28H2,1H3,(H,44,49). The van der Waals surface area contributed by atoms with Gasteiger partial charge in [0, 0.05) is 54.9 Å². The number of anilines is 1. The number of para-hydroxylation sites is 2. The number of carbonyl (C=O) groups is 1. The number of sulfonamides is 1. The highest BCUT2D eigenvalue weighted by Crippen LogP contribution is 2.43. The van der Waals surface area contributed by atoms with Crippen LogP contribution in [-0.2, 0) is 37.4 Å². The number of hydrogen-bond donors (Lipinski definition) is 3. The number of nitrogens with one attached hydrogen (secondary N) is 2. The summed E-state index contributed by atoms with van der Waals surface area (Å²) in [7, 11) is -3.82. The number of ether oxygens (including phenoxy) is 2. The van der Waals surface area contributed by atoms with E-state index in [1.54, 1.807) is 24.4 Å². The molecule has 280 valence electrons. The summed E-state index contributed by atoms with van der Waals surface area (Å²) < 4.78 is 42.8. The molecule has 3 N–H and O–H groups in total. The van der Waals surface area contributed by atoms with Gasteiger partial charge in [0.1, 0.15) is 10.4 Å². The summed E-state index contributed by atoms with van der Waals surface area (Å²) in [5.74, 6) is 0.0971. The zero-order valence-electron chi connectivity index (χ0n) is 30.2. The van der Waals surface area contributed by atoms with E-state index in [1.165, 1.54) is 0 Å². The van der Waals surface area contributed by atoms with Gasteiger partial charge in [-0.05, 0) is 53.8 Å². The molecule has 3 aliphatic rings.